The molecule has 0 amide bonds. The highest BCUT2D eigenvalue weighted by Gasteiger charge is 2.05. The van der Waals surface area contributed by atoms with Crippen LogP contribution in [-0.4, -0.2) is 13.0 Å². The summed E-state index contributed by atoms with van der Waals surface area (Å²) < 4.78 is 31.3. The summed E-state index contributed by atoms with van der Waals surface area (Å²) in [6.07, 6.45) is 0. The van der Waals surface area contributed by atoms with Crippen molar-refractivity contribution in [2.75, 3.05) is 4.72 Å². The highest BCUT2D eigenvalue weighted by molar-refractivity contribution is 7.87. The quantitative estimate of drug-likeness (QED) is 0.718. The summed E-state index contributed by atoms with van der Waals surface area (Å²) in [7, 11) is -4.25. The Hall–Kier alpha value is -1.58. The highest BCUT2D eigenvalue weighted by Crippen LogP contribution is 2.14. The van der Waals surface area contributed by atoms with E-state index >= 15 is 0 Å². The summed E-state index contributed by atoms with van der Waals surface area (Å²) in [5.41, 5.74) is 1.33. The summed E-state index contributed by atoms with van der Waals surface area (Å²) >= 11 is 0. The predicted molar refractivity (Wildman–Crippen MR) is 51.1 cm³/mol. The van der Waals surface area contributed by atoms with Crippen molar-refractivity contribution in [2.45, 2.75) is 6.92 Å². The van der Waals surface area contributed by atoms with Crippen LogP contribution < -0.4 is 4.72 Å². The molecule has 2 N–H and O–H groups in total. The average Bonchev–Trinajstić information content (AvgIpc) is 2.01. The van der Waals surface area contributed by atoms with Crippen molar-refractivity contribution >= 4 is 16.0 Å². The molecule has 0 fully saturated rings. The van der Waals surface area contributed by atoms with E-state index in [1.165, 1.54) is 18.2 Å². The second kappa shape index (κ2) is 3.65. The van der Waals surface area contributed by atoms with Crippen LogP contribution in [0.5, 0.6) is 0 Å². The van der Waals surface area contributed by atoms with Gasteiger partial charge in [-0.25, -0.2) is 0 Å². The maximum absolute atomic E-state index is 10.4. The largest absolute Gasteiger partial charge is 0.357 e. The lowest BCUT2D eigenvalue weighted by molar-refractivity contribution is 0.490. The number of rotatable bonds is 2. The zero-order valence-electron chi connectivity index (χ0n) is 7.35. The Bertz CT molecular complexity index is 488. The summed E-state index contributed by atoms with van der Waals surface area (Å²) in [6.45, 7) is 1.67. The van der Waals surface area contributed by atoms with E-state index in [1.54, 1.807) is 6.92 Å². The van der Waals surface area contributed by atoms with Gasteiger partial charge < -0.3 is 0 Å². The van der Waals surface area contributed by atoms with Gasteiger partial charge in [0.15, 0.2) is 0 Å². The first-order valence-corrected chi connectivity index (χ1v) is 5.12. The van der Waals surface area contributed by atoms with Gasteiger partial charge in [-0.05, 0) is 30.7 Å². The van der Waals surface area contributed by atoms with Crippen molar-refractivity contribution in [3.8, 4) is 6.07 Å². The van der Waals surface area contributed by atoms with E-state index in [1.807, 2.05) is 10.8 Å². The zero-order chi connectivity index (χ0) is 10.8. The van der Waals surface area contributed by atoms with Crippen molar-refractivity contribution in [2.24, 2.45) is 0 Å². The maximum atomic E-state index is 10.4. The van der Waals surface area contributed by atoms with Crippen LogP contribution in [0.3, 0.4) is 0 Å². The van der Waals surface area contributed by atoms with Crippen molar-refractivity contribution < 1.29 is 13.0 Å². The van der Waals surface area contributed by atoms with Crippen LogP contribution >= 0.6 is 0 Å². The molecular formula is C8H8N2O3S. The minimum atomic E-state index is -4.25. The molecule has 0 aliphatic carbocycles. The first-order chi connectivity index (χ1) is 6.42. The normalized spacial score (nSPS) is 10.6. The van der Waals surface area contributed by atoms with E-state index < -0.39 is 10.3 Å². The smallest absolute Gasteiger partial charge is 0.269 e. The number of aryl methyl sites for hydroxylation is 1. The lowest BCUT2D eigenvalue weighted by Gasteiger charge is -2.03. The summed E-state index contributed by atoms with van der Waals surface area (Å²) in [4.78, 5) is 0. The number of benzene rings is 1. The zero-order valence-corrected chi connectivity index (χ0v) is 8.17. The molecular weight excluding hydrogens is 204 g/mol. The fraction of sp³-hybridized carbons (Fsp3) is 0.125. The van der Waals surface area contributed by atoms with Crippen molar-refractivity contribution in [3.63, 3.8) is 0 Å². The molecule has 1 rings (SSSR count). The van der Waals surface area contributed by atoms with Crippen LogP contribution in [-0.2, 0) is 10.3 Å². The molecule has 6 heteroatoms. The molecule has 0 aromatic heterocycles. The number of hydrogen-bond acceptors (Lipinski definition) is 3. The van der Waals surface area contributed by atoms with E-state index in [0.29, 0.717) is 11.1 Å². The highest BCUT2D eigenvalue weighted by atomic mass is 32.2. The first kappa shape index (κ1) is 10.5. The van der Waals surface area contributed by atoms with Gasteiger partial charge in [-0.2, -0.15) is 13.7 Å². The number of anilines is 1. The molecule has 0 unspecified atom stereocenters. The molecule has 0 aliphatic heterocycles. The van der Waals surface area contributed by atoms with Crippen LogP contribution in [0, 0.1) is 18.3 Å². The molecule has 74 valence electrons. The van der Waals surface area contributed by atoms with Crippen LogP contribution in [0.25, 0.3) is 0 Å². The molecule has 1 aromatic rings. The van der Waals surface area contributed by atoms with Crippen molar-refractivity contribution in [1.29, 1.82) is 5.26 Å². The van der Waals surface area contributed by atoms with Gasteiger partial charge in [-0.1, -0.05) is 0 Å². The molecule has 0 spiro atoms. The standard InChI is InChI=1S/C8H8N2O3S/c1-6-4-8(10-14(11,12)13)3-2-7(6)5-9/h2-4,10H,1H3,(H,11,12,13). The van der Waals surface area contributed by atoms with Gasteiger partial charge >= 0.3 is 10.3 Å². The van der Waals surface area contributed by atoms with Gasteiger partial charge in [0.2, 0.25) is 0 Å². The topological polar surface area (TPSA) is 90.2 Å². The van der Waals surface area contributed by atoms with E-state index in [0.717, 1.165) is 0 Å². The second-order valence-corrected chi connectivity index (χ2v) is 3.87. The number of nitrogens with one attached hydrogen (secondary N) is 1. The molecule has 0 radical (unpaired) electrons. The molecule has 5 nitrogen and oxygen atoms in total. The van der Waals surface area contributed by atoms with Crippen LogP contribution in [0.4, 0.5) is 5.69 Å². The summed E-state index contributed by atoms with van der Waals surface area (Å²) in [6, 6.07) is 6.29. The van der Waals surface area contributed by atoms with E-state index in [9.17, 15) is 8.42 Å². The Morgan fingerprint density at radius 3 is 2.57 bits per heavy atom. The molecule has 14 heavy (non-hydrogen) atoms. The fourth-order valence-corrected chi connectivity index (χ4v) is 1.43. The third-order valence-electron chi connectivity index (χ3n) is 1.59. The average molecular weight is 212 g/mol. The van der Waals surface area contributed by atoms with Crippen LogP contribution in [0.1, 0.15) is 11.1 Å². The van der Waals surface area contributed by atoms with Gasteiger partial charge in [-0.3, -0.25) is 9.27 Å². The lowest BCUT2D eigenvalue weighted by atomic mass is 10.1. The van der Waals surface area contributed by atoms with Gasteiger partial charge in [-0.15, -0.1) is 0 Å². The number of nitrogens with zero attached hydrogens (tertiary/aromatic N) is 1. The van der Waals surface area contributed by atoms with Gasteiger partial charge in [0.05, 0.1) is 17.3 Å². The Kier molecular flexibility index (Phi) is 2.74. The lowest BCUT2D eigenvalue weighted by Crippen LogP contribution is -2.10. The van der Waals surface area contributed by atoms with Gasteiger partial charge in [0.25, 0.3) is 0 Å². The summed E-state index contributed by atoms with van der Waals surface area (Å²) in [5, 5.41) is 8.60. The number of nitriles is 1. The Labute approximate surface area is 81.9 Å². The molecule has 0 saturated heterocycles. The molecule has 0 saturated carbocycles. The van der Waals surface area contributed by atoms with Crippen LogP contribution in [0.15, 0.2) is 18.2 Å². The van der Waals surface area contributed by atoms with Crippen molar-refractivity contribution in [3.05, 3.63) is 29.3 Å². The van der Waals surface area contributed by atoms with E-state index in [2.05, 4.69) is 0 Å². The maximum Gasteiger partial charge on any atom is 0.357 e. The second-order valence-electron chi connectivity index (χ2n) is 2.72. The van der Waals surface area contributed by atoms with E-state index in [-0.39, 0.29) is 5.69 Å². The SMILES string of the molecule is Cc1cc(NS(=O)(=O)O)ccc1C#N. The Balaban J connectivity index is 3.06. The Morgan fingerprint density at radius 1 is 1.50 bits per heavy atom. The molecule has 0 bridgehead atoms. The first-order valence-electron chi connectivity index (χ1n) is 3.68. The molecule has 0 atom stereocenters. The van der Waals surface area contributed by atoms with Gasteiger partial charge in [0.1, 0.15) is 0 Å². The van der Waals surface area contributed by atoms with Crippen molar-refractivity contribution in [1.82, 2.24) is 0 Å². The van der Waals surface area contributed by atoms with Gasteiger partial charge in [0, 0.05) is 0 Å². The van der Waals surface area contributed by atoms with E-state index in [4.69, 9.17) is 9.81 Å². The number of hydrogen-bond donors (Lipinski definition) is 2. The molecule has 0 aliphatic rings. The Morgan fingerprint density at radius 2 is 2.14 bits per heavy atom. The minimum absolute atomic E-state index is 0.226. The molecule has 0 heterocycles. The third-order valence-corrected chi connectivity index (χ3v) is 2.09. The predicted octanol–water partition coefficient (Wildman–Crippen LogP) is 1.08. The molecule has 1 aromatic carbocycles. The minimum Gasteiger partial charge on any atom is -0.269 e. The third kappa shape index (κ3) is 2.73. The summed E-state index contributed by atoms with van der Waals surface area (Å²) in [5.74, 6) is 0. The monoisotopic (exact) mass is 212 g/mol. The fourth-order valence-electron chi connectivity index (χ4n) is 1.00. The van der Waals surface area contributed by atoms with Crippen LogP contribution in [0.2, 0.25) is 0 Å².